The molecule has 0 saturated heterocycles. The third kappa shape index (κ3) is 3.19. The van der Waals surface area contributed by atoms with Crippen LogP contribution in [-0.4, -0.2) is 41.7 Å². The molecule has 1 aliphatic rings. The summed E-state index contributed by atoms with van der Waals surface area (Å²) in [6, 6.07) is 0.00302. The van der Waals surface area contributed by atoms with E-state index in [1.165, 1.54) is 0 Å². The summed E-state index contributed by atoms with van der Waals surface area (Å²) in [5, 5.41) is 9.09. The number of carbonyl (C=O) groups excluding carboxylic acids is 1. The van der Waals surface area contributed by atoms with Gasteiger partial charge in [0.1, 0.15) is 0 Å². The van der Waals surface area contributed by atoms with Crippen LogP contribution in [0.4, 0.5) is 0 Å². The van der Waals surface area contributed by atoms with Crippen molar-refractivity contribution in [3.8, 4) is 0 Å². The van der Waals surface area contributed by atoms with E-state index in [4.69, 9.17) is 10.8 Å². The average molecular weight is 242 g/mol. The molecule has 1 amide bonds. The van der Waals surface area contributed by atoms with Gasteiger partial charge in [-0.05, 0) is 31.6 Å². The topological polar surface area (TPSA) is 66.6 Å². The van der Waals surface area contributed by atoms with Crippen LogP contribution in [0.2, 0.25) is 0 Å². The van der Waals surface area contributed by atoms with Gasteiger partial charge in [-0.1, -0.05) is 13.8 Å². The van der Waals surface area contributed by atoms with Gasteiger partial charge in [-0.25, -0.2) is 0 Å². The molecule has 1 rings (SSSR count). The van der Waals surface area contributed by atoms with E-state index in [2.05, 4.69) is 13.8 Å². The molecular formula is C13H26N2O2. The first-order chi connectivity index (χ1) is 7.88. The molecule has 4 nitrogen and oxygen atoms in total. The number of carbonyl (C=O) groups is 1. The summed E-state index contributed by atoms with van der Waals surface area (Å²) in [4.78, 5) is 14.0. The van der Waals surface area contributed by atoms with Crippen molar-refractivity contribution in [1.82, 2.24) is 4.90 Å². The van der Waals surface area contributed by atoms with E-state index in [1.807, 2.05) is 6.92 Å². The molecule has 17 heavy (non-hydrogen) atoms. The molecule has 100 valence electrons. The van der Waals surface area contributed by atoms with E-state index in [0.29, 0.717) is 11.8 Å². The van der Waals surface area contributed by atoms with Crippen LogP contribution >= 0.6 is 0 Å². The van der Waals surface area contributed by atoms with E-state index >= 15 is 0 Å². The van der Waals surface area contributed by atoms with Crippen molar-refractivity contribution >= 4 is 5.91 Å². The maximum atomic E-state index is 12.3. The van der Waals surface area contributed by atoms with Crippen LogP contribution in [-0.2, 0) is 4.79 Å². The fourth-order valence-electron chi connectivity index (χ4n) is 2.63. The first-order valence-electron chi connectivity index (χ1n) is 6.51. The molecule has 0 aliphatic heterocycles. The summed E-state index contributed by atoms with van der Waals surface area (Å²) in [6.45, 7) is 6.14. The third-order valence-electron chi connectivity index (χ3n) is 4.28. The van der Waals surface area contributed by atoms with Gasteiger partial charge in [0.25, 0.3) is 0 Å². The van der Waals surface area contributed by atoms with E-state index in [1.54, 1.807) is 11.9 Å². The Morgan fingerprint density at radius 3 is 2.53 bits per heavy atom. The number of amides is 1. The van der Waals surface area contributed by atoms with Crippen molar-refractivity contribution in [2.45, 2.75) is 45.7 Å². The van der Waals surface area contributed by atoms with Gasteiger partial charge >= 0.3 is 0 Å². The Kier molecular flexibility index (Phi) is 4.95. The summed E-state index contributed by atoms with van der Waals surface area (Å²) in [5.41, 5.74) is 6.06. The van der Waals surface area contributed by atoms with E-state index < -0.39 is 0 Å². The van der Waals surface area contributed by atoms with Crippen LogP contribution < -0.4 is 5.73 Å². The van der Waals surface area contributed by atoms with Gasteiger partial charge in [0.05, 0.1) is 12.6 Å². The molecule has 0 aromatic rings. The molecular weight excluding hydrogens is 216 g/mol. The molecule has 3 N–H and O–H groups in total. The molecule has 1 fully saturated rings. The Bertz CT molecular complexity index is 270. The summed E-state index contributed by atoms with van der Waals surface area (Å²) >= 11 is 0. The van der Waals surface area contributed by atoms with Gasteiger partial charge in [0, 0.05) is 19.0 Å². The van der Waals surface area contributed by atoms with Crippen molar-refractivity contribution in [1.29, 1.82) is 0 Å². The molecule has 0 radical (unpaired) electrons. The maximum Gasteiger partial charge on any atom is 0.226 e. The van der Waals surface area contributed by atoms with Gasteiger partial charge in [-0.15, -0.1) is 0 Å². The second kappa shape index (κ2) is 5.83. The molecule has 0 aromatic carbocycles. The lowest BCUT2D eigenvalue weighted by molar-refractivity contribution is -0.140. The summed E-state index contributed by atoms with van der Waals surface area (Å²) in [5.74, 6) is 1.02. The number of aliphatic hydroxyl groups is 1. The zero-order valence-electron chi connectivity index (χ0n) is 11.4. The minimum atomic E-state index is -0.120. The Balaban J connectivity index is 2.68. The predicted molar refractivity (Wildman–Crippen MR) is 68.3 cm³/mol. The standard InChI is InChI=1S/C13H26N2O2/c1-8-5-9(2)12(14)6-11(8)13(17)15(4)10(3)7-16/h8-12,16H,5-7,14H2,1-4H3. The van der Waals surface area contributed by atoms with Crippen molar-refractivity contribution in [2.75, 3.05) is 13.7 Å². The van der Waals surface area contributed by atoms with E-state index in [-0.39, 0.29) is 30.5 Å². The van der Waals surface area contributed by atoms with Crippen LogP contribution in [0, 0.1) is 17.8 Å². The van der Waals surface area contributed by atoms with Gasteiger partial charge < -0.3 is 15.7 Å². The molecule has 0 aromatic heterocycles. The molecule has 0 spiro atoms. The highest BCUT2D eigenvalue weighted by Gasteiger charge is 2.36. The van der Waals surface area contributed by atoms with Crippen molar-refractivity contribution in [3.05, 3.63) is 0 Å². The number of hydrogen-bond acceptors (Lipinski definition) is 3. The Morgan fingerprint density at radius 1 is 1.41 bits per heavy atom. The normalized spacial score (nSPS) is 35.4. The number of rotatable bonds is 3. The molecule has 1 saturated carbocycles. The van der Waals surface area contributed by atoms with Crippen LogP contribution in [0.15, 0.2) is 0 Å². The first kappa shape index (κ1) is 14.5. The molecule has 0 heterocycles. The molecule has 0 bridgehead atoms. The van der Waals surface area contributed by atoms with Crippen LogP contribution in [0.25, 0.3) is 0 Å². The molecule has 1 aliphatic carbocycles. The Morgan fingerprint density at radius 2 is 2.00 bits per heavy atom. The predicted octanol–water partition coefficient (Wildman–Crippen LogP) is 0.835. The second-order valence-corrected chi connectivity index (χ2v) is 5.68. The highest BCUT2D eigenvalue weighted by Crippen LogP contribution is 2.34. The quantitative estimate of drug-likeness (QED) is 0.770. The lowest BCUT2D eigenvalue weighted by Gasteiger charge is -2.38. The molecule has 4 heteroatoms. The highest BCUT2D eigenvalue weighted by molar-refractivity contribution is 5.79. The van der Waals surface area contributed by atoms with Crippen molar-refractivity contribution in [3.63, 3.8) is 0 Å². The lowest BCUT2D eigenvalue weighted by atomic mass is 9.72. The minimum absolute atomic E-state index is 0.00575. The number of hydrogen-bond donors (Lipinski definition) is 2. The Labute approximate surface area is 104 Å². The fourth-order valence-corrected chi connectivity index (χ4v) is 2.63. The summed E-state index contributed by atoms with van der Waals surface area (Å²) in [6.07, 6.45) is 1.78. The van der Waals surface area contributed by atoms with Gasteiger partial charge in [0.15, 0.2) is 0 Å². The van der Waals surface area contributed by atoms with Gasteiger partial charge in [0.2, 0.25) is 5.91 Å². The third-order valence-corrected chi connectivity index (χ3v) is 4.28. The SMILES string of the molecule is CC1CC(C)C(C(=O)N(C)C(C)CO)CC1N. The summed E-state index contributed by atoms with van der Waals surface area (Å²) in [7, 11) is 1.76. The van der Waals surface area contributed by atoms with E-state index in [0.717, 1.165) is 12.8 Å². The minimum Gasteiger partial charge on any atom is -0.394 e. The van der Waals surface area contributed by atoms with Crippen LogP contribution in [0.3, 0.4) is 0 Å². The number of nitrogens with two attached hydrogens (primary N) is 1. The Hall–Kier alpha value is -0.610. The molecule has 5 atom stereocenters. The smallest absolute Gasteiger partial charge is 0.226 e. The largest absolute Gasteiger partial charge is 0.394 e. The van der Waals surface area contributed by atoms with Crippen molar-refractivity contribution < 1.29 is 9.90 Å². The number of likely N-dealkylation sites (N-methyl/N-ethyl adjacent to an activating group) is 1. The molecule has 5 unspecified atom stereocenters. The second-order valence-electron chi connectivity index (χ2n) is 5.68. The summed E-state index contributed by atoms with van der Waals surface area (Å²) < 4.78 is 0. The van der Waals surface area contributed by atoms with Crippen LogP contribution in [0.5, 0.6) is 0 Å². The zero-order chi connectivity index (χ0) is 13.2. The maximum absolute atomic E-state index is 12.3. The fraction of sp³-hybridized carbons (Fsp3) is 0.923. The highest BCUT2D eigenvalue weighted by atomic mass is 16.3. The lowest BCUT2D eigenvalue weighted by Crippen LogP contribution is -2.48. The average Bonchev–Trinajstić information content (AvgIpc) is 2.31. The monoisotopic (exact) mass is 242 g/mol. The first-order valence-corrected chi connectivity index (χ1v) is 6.51. The van der Waals surface area contributed by atoms with Crippen molar-refractivity contribution in [2.24, 2.45) is 23.5 Å². The number of aliphatic hydroxyl groups excluding tert-OH is 1. The van der Waals surface area contributed by atoms with Gasteiger partial charge in [-0.2, -0.15) is 0 Å². The van der Waals surface area contributed by atoms with Crippen LogP contribution in [0.1, 0.15) is 33.6 Å². The number of nitrogens with zero attached hydrogens (tertiary/aromatic N) is 1. The van der Waals surface area contributed by atoms with Gasteiger partial charge in [-0.3, -0.25) is 4.79 Å². The zero-order valence-corrected chi connectivity index (χ0v) is 11.4. The van der Waals surface area contributed by atoms with E-state index in [9.17, 15) is 4.79 Å².